The zero-order valence-corrected chi connectivity index (χ0v) is 28.3. The maximum Gasteiger partial charge on any atom is 0.220 e. The predicted octanol–water partition coefficient (Wildman–Crippen LogP) is 10.9. The summed E-state index contributed by atoms with van der Waals surface area (Å²) in [5, 5.41) is 22.8. The molecule has 2 atom stereocenters. The summed E-state index contributed by atoms with van der Waals surface area (Å²) >= 11 is 0. The molecular weight excluding hydrogens is 518 g/mol. The maximum atomic E-state index is 12.3. The van der Waals surface area contributed by atoms with Crippen LogP contribution in [0.15, 0.2) is 24.3 Å². The van der Waals surface area contributed by atoms with E-state index in [9.17, 15) is 15.0 Å². The molecular formula is C38H73NO3. The summed E-state index contributed by atoms with van der Waals surface area (Å²) in [6.07, 6.45) is 42.6. The molecule has 0 fully saturated rings. The van der Waals surface area contributed by atoms with Gasteiger partial charge in [0, 0.05) is 6.42 Å². The van der Waals surface area contributed by atoms with Crippen LogP contribution in [0.4, 0.5) is 0 Å². The fourth-order valence-electron chi connectivity index (χ4n) is 5.55. The van der Waals surface area contributed by atoms with Gasteiger partial charge in [-0.2, -0.15) is 0 Å². The molecule has 3 N–H and O–H groups in total. The lowest BCUT2D eigenvalue weighted by molar-refractivity contribution is -0.123. The molecule has 0 radical (unpaired) electrons. The first-order valence-corrected chi connectivity index (χ1v) is 18.6. The van der Waals surface area contributed by atoms with Gasteiger partial charge in [-0.15, -0.1) is 0 Å². The van der Waals surface area contributed by atoms with E-state index in [1.807, 2.05) is 6.08 Å². The van der Waals surface area contributed by atoms with Gasteiger partial charge in [-0.25, -0.2) is 0 Å². The van der Waals surface area contributed by atoms with Crippen molar-refractivity contribution in [3.63, 3.8) is 0 Å². The largest absolute Gasteiger partial charge is 0.394 e. The number of nitrogens with one attached hydrogen (secondary N) is 1. The standard InChI is InChI=1S/C38H73NO3/c1-3-5-7-9-11-13-15-17-18-19-20-22-24-26-28-30-32-34-38(42)39-36(35-40)37(41)33-31-29-27-25-23-21-16-14-12-10-8-6-4-2/h23,25,31,33,36-37,40-41H,3-22,24,26-30,32,34-35H2,1-2H3,(H,39,42)/b25-23+,33-31+/t36-,37+/m1/s1. The van der Waals surface area contributed by atoms with Crippen LogP contribution in [-0.2, 0) is 4.79 Å². The van der Waals surface area contributed by atoms with E-state index >= 15 is 0 Å². The highest BCUT2D eigenvalue weighted by Crippen LogP contribution is 2.14. The number of aliphatic hydroxyl groups excluding tert-OH is 2. The molecule has 0 aliphatic heterocycles. The molecule has 0 aliphatic rings. The first-order valence-electron chi connectivity index (χ1n) is 18.6. The number of carbonyl (C=O) groups is 1. The Balaban J connectivity index is 3.62. The molecule has 42 heavy (non-hydrogen) atoms. The summed E-state index contributed by atoms with van der Waals surface area (Å²) in [5.74, 6) is -0.0734. The lowest BCUT2D eigenvalue weighted by Gasteiger charge is -2.19. The molecule has 0 unspecified atom stereocenters. The van der Waals surface area contributed by atoms with Crippen molar-refractivity contribution in [2.75, 3.05) is 6.61 Å². The van der Waals surface area contributed by atoms with Crippen LogP contribution in [0.5, 0.6) is 0 Å². The van der Waals surface area contributed by atoms with E-state index in [2.05, 4.69) is 31.3 Å². The minimum atomic E-state index is -0.855. The van der Waals surface area contributed by atoms with Crippen LogP contribution in [0.3, 0.4) is 0 Å². The molecule has 0 heterocycles. The predicted molar refractivity (Wildman–Crippen MR) is 184 cm³/mol. The topological polar surface area (TPSA) is 69.6 Å². The van der Waals surface area contributed by atoms with Gasteiger partial charge in [0.25, 0.3) is 0 Å². The van der Waals surface area contributed by atoms with Gasteiger partial charge in [-0.3, -0.25) is 4.79 Å². The molecule has 0 saturated carbocycles. The average Bonchev–Trinajstić information content (AvgIpc) is 2.99. The second-order valence-corrected chi connectivity index (χ2v) is 12.6. The molecule has 248 valence electrons. The normalized spacial score (nSPS) is 13.3. The number of carbonyl (C=O) groups excluding carboxylic acids is 1. The quantitative estimate of drug-likeness (QED) is 0.0525. The van der Waals surface area contributed by atoms with E-state index in [1.54, 1.807) is 6.08 Å². The smallest absolute Gasteiger partial charge is 0.220 e. The van der Waals surface area contributed by atoms with Gasteiger partial charge in [0.05, 0.1) is 18.8 Å². The molecule has 0 spiro atoms. The highest BCUT2D eigenvalue weighted by Gasteiger charge is 2.17. The van der Waals surface area contributed by atoms with Crippen LogP contribution in [0.2, 0.25) is 0 Å². The molecule has 0 aromatic rings. The van der Waals surface area contributed by atoms with Gasteiger partial charge >= 0.3 is 0 Å². The van der Waals surface area contributed by atoms with Crippen LogP contribution in [0.1, 0.15) is 194 Å². The molecule has 4 nitrogen and oxygen atoms in total. The number of hydrogen-bond acceptors (Lipinski definition) is 3. The third kappa shape index (κ3) is 30.3. The van der Waals surface area contributed by atoms with E-state index in [4.69, 9.17) is 0 Å². The Kier molecular flexibility index (Phi) is 33.4. The van der Waals surface area contributed by atoms with Crippen molar-refractivity contribution >= 4 is 5.91 Å². The number of amides is 1. The van der Waals surface area contributed by atoms with Crippen LogP contribution < -0.4 is 5.32 Å². The van der Waals surface area contributed by atoms with E-state index in [0.717, 1.165) is 32.1 Å². The zero-order valence-electron chi connectivity index (χ0n) is 28.3. The van der Waals surface area contributed by atoms with Gasteiger partial charge in [-0.05, 0) is 32.1 Å². The van der Waals surface area contributed by atoms with Crippen LogP contribution in [0, 0.1) is 0 Å². The second kappa shape index (κ2) is 34.4. The Morgan fingerprint density at radius 3 is 1.38 bits per heavy atom. The van der Waals surface area contributed by atoms with Crippen molar-refractivity contribution in [2.45, 2.75) is 206 Å². The lowest BCUT2D eigenvalue weighted by Crippen LogP contribution is -2.45. The Hall–Kier alpha value is -1.13. The fraction of sp³-hybridized carbons (Fsp3) is 0.868. The molecule has 0 bridgehead atoms. The third-order valence-corrected chi connectivity index (χ3v) is 8.44. The minimum absolute atomic E-state index is 0.0734. The number of hydrogen-bond donors (Lipinski definition) is 3. The minimum Gasteiger partial charge on any atom is -0.394 e. The van der Waals surface area contributed by atoms with E-state index in [0.29, 0.717) is 6.42 Å². The Morgan fingerprint density at radius 2 is 0.929 bits per heavy atom. The molecule has 0 aromatic heterocycles. The summed E-state index contributed by atoms with van der Waals surface area (Å²) in [7, 11) is 0. The van der Waals surface area contributed by atoms with Gasteiger partial charge in [0.15, 0.2) is 0 Å². The van der Waals surface area contributed by atoms with Crippen LogP contribution >= 0.6 is 0 Å². The Morgan fingerprint density at radius 1 is 0.548 bits per heavy atom. The van der Waals surface area contributed by atoms with Crippen molar-refractivity contribution in [1.29, 1.82) is 0 Å². The van der Waals surface area contributed by atoms with Gasteiger partial charge in [-0.1, -0.05) is 179 Å². The van der Waals surface area contributed by atoms with Crippen molar-refractivity contribution in [3.05, 3.63) is 24.3 Å². The summed E-state index contributed by atoms with van der Waals surface area (Å²) in [5.41, 5.74) is 0. The molecule has 0 saturated heterocycles. The van der Waals surface area contributed by atoms with Gasteiger partial charge in [0.2, 0.25) is 5.91 Å². The summed E-state index contributed by atoms with van der Waals surface area (Å²) in [6.45, 7) is 4.28. The third-order valence-electron chi connectivity index (χ3n) is 8.44. The highest BCUT2D eigenvalue weighted by atomic mass is 16.3. The highest BCUT2D eigenvalue weighted by molar-refractivity contribution is 5.76. The first kappa shape index (κ1) is 40.9. The average molecular weight is 592 g/mol. The Bertz CT molecular complexity index is 603. The SMILES string of the molecule is CCCCCCCCC/C=C/CC/C=C/[C@H](O)[C@@H](CO)NC(=O)CCCCCCCCCCCCCCCCCCC. The maximum absolute atomic E-state index is 12.3. The fourth-order valence-corrected chi connectivity index (χ4v) is 5.55. The summed E-state index contributed by atoms with van der Waals surface area (Å²) in [6, 6.07) is -0.632. The van der Waals surface area contributed by atoms with Crippen molar-refractivity contribution in [3.8, 4) is 0 Å². The first-order chi connectivity index (χ1) is 20.7. The van der Waals surface area contributed by atoms with E-state index in [-0.39, 0.29) is 12.5 Å². The van der Waals surface area contributed by atoms with Crippen molar-refractivity contribution < 1.29 is 15.0 Å². The summed E-state index contributed by atoms with van der Waals surface area (Å²) < 4.78 is 0. The molecule has 4 heteroatoms. The summed E-state index contributed by atoms with van der Waals surface area (Å²) in [4.78, 5) is 12.3. The second-order valence-electron chi connectivity index (χ2n) is 12.6. The number of unbranched alkanes of at least 4 members (excludes halogenated alkanes) is 24. The molecule has 0 aliphatic carbocycles. The monoisotopic (exact) mass is 592 g/mol. The zero-order chi connectivity index (χ0) is 30.8. The molecule has 0 rings (SSSR count). The molecule has 1 amide bonds. The number of aliphatic hydroxyl groups is 2. The van der Waals surface area contributed by atoms with Crippen LogP contribution in [-0.4, -0.2) is 34.9 Å². The van der Waals surface area contributed by atoms with Gasteiger partial charge < -0.3 is 15.5 Å². The van der Waals surface area contributed by atoms with Crippen molar-refractivity contribution in [2.24, 2.45) is 0 Å². The van der Waals surface area contributed by atoms with E-state index < -0.39 is 12.1 Å². The van der Waals surface area contributed by atoms with Gasteiger partial charge in [0.1, 0.15) is 0 Å². The van der Waals surface area contributed by atoms with Crippen LogP contribution in [0.25, 0.3) is 0 Å². The number of rotatable bonds is 33. The van der Waals surface area contributed by atoms with E-state index in [1.165, 1.54) is 141 Å². The van der Waals surface area contributed by atoms with Crippen molar-refractivity contribution in [1.82, 2.24) is 5.32 Å². The molecule has 0 aromatic carbocycles. The Labute approximate surface area is 262 Å². The lowest BCUT2D eigenvalue weighted by atomic mass is 10.0. The number of allylic oxidation sites excluding steroid dienone is 3.